The first-order chi connectivity index (χ1) is 10.2. The van der Waals surface area contributed by atoms with Gasteiger partial charge in [-0.25, -0.2) is 4.68 Å². The Kier molecular flexibility index (Phi) is 3.65. The lowest BCUT2D eigenvalue weighted by atomic mass is 9.98. The van der Waals surface area contributed by atoms with E-state index in [1.807, 2.05) is 36.4 Å². The predicted octanol–water partition coefficient (Wildman–Crippen LogP) is 3.04. The third kappa shape index (κ3) is 2.92. The first-order valence-electron chi connectivity index (χ1n) is 6.90. The quantitative estimate of drug-likeness (QED) is 0.737. The molecule has 0 radical (unpaired) electrons. The molecule has 2 aromatic carbocycles. The van der Waals surface area contributed by atoms with Gasteiger partial charge in [0.15, 0.2) is 0 Å². The Labute approximate surface area is 123 Å². The zero-order valence-corrected chi connectivity index (χ0v) is 11.9. The highest BCUT2D eigenvalue weighted by molar-refractivity contribution is 5.63. The van der Waals surface area contributed by atoms with Crippen molar-refractivity contribution in [1.82, 2.24) is 9.78 Å². The smallest absolute Gasteiger partial charge is 0.266 e. The Morgan fingerprint density at radius 2 is 1.62 bits per heavy atom. The van der Waals surface area contributed by atoms with Crippen molar-refractivity contribution in [3.05, 3.63) is 88.2 Å². The maximum Gasteiger partial charge on any atom is 0.266 e. The Hall–Kier alpha value is -2.68. The van der Waals surface area contributed by atoms with E-state index in [9.17, 15) is 4.79 Å². The molecule has 0 N–H and O–H groups in total. The van der Waals surface area contributed by atoms with E-state index in [0.29, 0.717) is 0 Å². The van der Waals surface area contributed by atoms with Gasteiger partial charge in [-0.1, -0.05) is 54.6 Å². The van der Waals surface area contributed by atoms with Crippen LogP contribution < -0.4 is 5.56 Å². The zero-order valence-electron chi connectivity index (χ0n) is 11.9. The number of nitrogens with zero attached hydrogens (tertiary/aromatic N) is 2. The van der Waals surface area contributed by atoms with Crippen LogP contribution in [0.5, 0.6) is 0 Å². The third-order valence-electron chi connectivity index (χ3n) is 3.49. The summed E-state index contributed by atoms with van der Waals surface area (Å²) in [6.45, 7) is 0. The van der Waals surface area contributed by atoms with E-state index in [1.165, 1.54) is 15.8 Å². The van der Waals surface area contributed by atoms with Gasteiger partial charge >= 0.3 is 0 Å². The summed E-state index contributed by atoms with van der Waals surface area (Å²) < 4.78 is 1.37. The number of aryl methyl sites for hydroxylation is 1. The molecular formula is C18H16N2O. The molecule has 3 rings (SSSR count). The van der Waals surface area contributed by atoms with Gasteiger partial charge in [-0.2, -0.15) is 5.10 Å². The second-order valence-electron chi connectivity index (χ2n) is 5.00. The summed E-state index contributed by atoms with van der Waals surface area (Å²) in [5.41, 5.74) is 4.25. The van der Waals surface area contributed by atoms with E-state index < -0.39 is 0 Å². The lowest BCUT2D eigenvalue weighted by molar-refractivity contribution is 0.711. The molecule has 104 valence electrons. The Morgan fingerprint density at radius 1 is 0.905 bits per heavy atom. The maximum absolute atomic E-state index is 11.5. The van der Waals surface area contributed by atoms with Crippen LogP contribution >= 0.6 is 0 Å². The summed E-state index contributed by atoms with van der Waals surface area (Å²) in [7, 11) is 1.67. The van der Waals surface area contributed by atoms with Crippen molar-refractivity contribution in [2.24, 2.45) is 7.05 Å². The predicted molar refractivity (Wildman–Crippen MR) is 84.2 cm³/mol. The molecule has 0 saturated heterocycles. The number of hydrogen-bond acceptors (Lipinski definition) is 2. The SMILES string of the molecule is Cn1nc(-c2ccccc2Cc2ccccc2)ccc1=O. The van der Waals surface area contributed by atoms with Crippen molar-refractivity contribution in [2.45, 2.75) is 6.42 Å². The van der Waals surface area contributed by atoms with Gasteiger partial charge in [0.1, 0.15) is 0 Å². The molecule has 0 aliphatic heterocycles. The second kappa shape index (κ2) is 5.75. The molecule has 0 aliphatic rings. The molecule has 0 bridgehead atoms. The van der Waals surface area contributed by atoms with Gasteiger partial charge in [0, 0.05) is 18.7 Å². The lowest BCUT2D eigenvalue weighted by Gasteiger charge is -2.10. The fraction of sp³-hybridized carbons (Fsp3) is 0.111. The monoisotopic (exact) mass is 276 g/mol. The van der Waals surface area contributed by atoms with Crippen LogP contribution in [0.3, 0.4) is 0 Å². The van der Waals surface area contributed by atoms with Crippen molar-refractivity contribution in [2.75, 3.05) is 0 Å². The second-order valence-corrected chi connectivity index (χ2v) is 5.00. The maximum atomic E-state index is 11.5. The highest BCUT2D eigenvalue weighted by Crippen LogP contribution is 2.23. The van der Waals surface area contributed by atoms with Crippen molar-refractivity contribution in [3.8, 4) is 11.3 Å². The minimum absolute atomic E-state index is 0.0979. The van der Waals surface area contributed by atoms with Crippen LogP contribution in [0.2, 0.25) is 0 Å². The molecule has 0 aliphatic carbocycles. The molecule has 0 fully saturated rings. The van der Waals surface area contributed by atoms with E-state index in [2.05, 4.69) is 23.3 Å². The van der Waals surface area contributed by atoms with Gasteiger partial charge in [-0.15, -0.1) is 0 Å². The highest BCUT2D eigenvalue weighted by Gasteiger charge is 2.07. The van der Waals surface area contributed by atoms with Crippen LogP contribution in [0, 0.1) is 0 Å². The van der Waals surface area contributed by atoms with Gasteiger partial charge in [0.05, 0.1) is 5.69 Å². The minimum atomic E-state index is -0.0979. The van der Waals surface area contributed by atoms with Crippen LogP contribution in [-0.4, -0.2) is 9.78 Å². The summed E-state index contributed by atoms with van der Waals surface area (Å²) >= 11 is 0. The lowest BCUT2D eigenvalue weighted by Crippen LogP contribution is -2.18. The van der Waals surface area contributed by atoms with Gasteiger partial charge in [0.2, 0.25) is 0 Å². The van der Waals surface area contributed by atoms with E-state index in [-0.39, 0.29) is 5.56 Å². The average molecular weight is 276 g/mol. The van der Waals surface area contributed by atoms with Crippen molar-refractivity contribution in [3.63, 3.8) is 0 Å². The third-order valence-corrected chi connectivity index (χ3v) is 3.49. The van der Waals surface area contributed by atoms with Gasteiger partial charge in [0.25, 0.3) is 5.56 Å². The number of hydrogen-bond donors (Lipinski definition) is 0. The van der Waals surface area contributed by atoms with E-state index in [4.69, 9.17) is 0 Å². The van der Waals surface area contributed by atoms with E-state index >= 15 is 0 Å². The normalized spacial score (nSPS) is 10.5. The molecule has 1 aromatic heterocycles. The standard InChI is InChI=1S/C18H16N2O/c1-20-18(21)12-11-17(19-20)16-10-6-5-9-15(16)13-14-7-3-2-4-8-14/h2-12H,13H2,1H3. The van der Waals surface area contributed by atoms with Crippen molar-refractivity contribution < 1.29 is 0 Å². The fourth-order valence-electron chi connectivity index (χ4n) is 2.39. The van der Waals surface area contributed by atoms with Crippen LogP contribution in [0.4, 0.5) is 0 Å². The Balaban J connectivity index is 2.03. The largest absolute Gasteiger partial charge is 0.268 e. The molecule has 3 heteroatoms. The molecule has 1 heterocycles. The Morgan fingerprint density at radius 3 is 2.38 bits per heavy atom. The average Bonchev–Trinajstić information content (AvgIpc) is 2.52. The molecule has 0 atom stereocenters. The summed E-state index contributed by atoms with van der Waals surface area (Å²) in [6, 6.07) is 21.9. The summed E-state index contributed by atoms with van der Waals surface area (Å²) in [5, 5.41) is 4.35. The molecule has 21 heavy (non-hydrogen) atoms. The van der Waals surface area contributed by atoms with Gasteiger partial charge in [-0.05, 0) is 23.6 Å². The first kappa shape index (κ1) is 13.3. The first-order valence-corrected chi connectivity index (χ1v) is 6.90. The molecular weight excluding hydrogens is 260 g/mol. The summed E-state index contributed by atoms with van der Waals surface area (Å²) in [5.74, 6) is 0. The molecule has 0 amide bonds. The molecule has 3 nitrogen and oxygen atoms in total. The van der Waals surface area contributed by atoms with Crippen LogP contribution in [0.25, 0.3) is 11.3 Å². The zero-order chi connectivity index (χ0) is 14.7. The van der Waals surface area contributed by atoms with E-state index in [0.717, 1.165) is 17.7 Å². The van der Waals surface area contributed by atoms with Crippen molar-refractivity contribution >= 4 is 0 Å². The highest BCUT2D eigenvalue weighted by atomic mass is 16.1. The minimum Gasteiger partial charge on any atom is -0.268 e. The van der Waals surface area contributed by atoms with Crippen LogP contribution in [-0.2, 0) is 13.5 Å². The molecule has 0 spiro atoms. The summed E-state index contributed by atoms with van der Waals surface area (Å²) in [6.07, 6.45) is 0.849. The van der Waals surface area contributed by atoms with Crippen LogP contribution in [0.15, 0.2) is 71.5 Å². The fourth-order valence-corrected chi connectivity index (χ4v) is 2.39. The van der Waals surface area contributed by atoms with Crippen LogP contribution in [0.1, 0.15) is 11.1 Å². The number of benzene rings is 2. The molecule has 3 aromatic rings. The Bertz CT molecular complexity index is 807. The molecule has 0 saturated carbocycles. The summed E-state index contributed by atoms with van der Waals surface area (Å²) in [4.78, 5) is 11.5. The van der Waals surface area contributed by atoms with Gasteiger partial charge in [-0.3, -0.25) is 4.79 Å². The van der Waals surface area contributed by atoms with Gasteiger partial charge < -0.3 is 0 Å². The van der Waals surface area contributed by atoms with E-state index in [1.54, 1.807) is 19.2 Å². The molecule has 0 unspecified atom stereocenters. The number of aromatic nitrogens is 2. The number of rotatable bonds is 3. The van der Waals surface area contributed by atoms with Crippen molar-refractivity contribution in [1.29, 1.82) is 0 Å². The topological polar surface area (TPSA) is 34.9 Å².